The van der Waals surface area contributed by atoms with Crippen molar-refractivity contribution in [3.8, 4) is 0 Å². The molecule has 2 aliphatic rings. The highest BCUT2D eigenvalue weighted by molar-refractivity contribution is 5.97. The number of likely N-dealkylation sites (tertiary alicyclic amines) is 1. The van der Waals surface area contributed by atoms with Crippen molar-refractivity contribution in [2.24, 2.45) is 5.92 Å². The molecule has 32 heavy (non-hydrogen) atoms. The first kappa shape index (κ1) is 20.2. The number of H-pyrrole nitrogens is 1. The summed E-state index contributed by atoms with van der Waals surface area (Å²) in [4.78, 5) is 50.9. The summed E-state index contributed by atoms with van der Waals surface area (Å²) in [5, 5.41) is 0. The van der Waals surface area contributed by atoms with E-state index in [0.29, 0.717) is 44.8 Å². The molecule has 3 aromatic rings. The summed E-state index contributed by atoms with van der Waals surface area (Å²) < 4.78 is 0. The lowest BCUT2D eigenvalue weighted by Gasteiger charge is -2.36. The van der Waals surface area contributed by atoms with E-state index in [-0.39, 0.29) is 30.1 Å². The van der Waals surface area contributed by atoms with Gasteiger partial charge < -0.3 is 19.7 Å². The number of carbonyl (C=O) groups excluding carboxylic acids is 3. The number of hydrogen-bond acceptors (Lipinski definition) is 4. The normalized spacial score (nSPS) is 19.1. The van der Waals surface area contributed by atoms with Gasteiger partial charge in [0.25, 0.3) is 5.91 Å². The molecule has 1 unspecified atom stereocenters. The molecule has 8 nitrogen and oxygen atoms in total. The SMILES string of the molecule is O=C1CC(C(=O)N2CCN(C(=O)c3ccc4nc[nH]c4c3)CC2)CN1Cc1ccccc1. The molecule has 2 aromatic carbocycles. The molecule has 0 aliphatic carbocycles. The highest BCUT2D eigenvalue weighted by Gasteiger charge is 2.37. The summed E-state index contributed by atoms with van der Waals surface area (Å²) in [5.41, 5.74) is 3.33. The summed E-state index contributed by atoms with van der Waals surface area (Å²) in [7, 11) is 0. The number of nitrogens with zero attached hydrogens (tertiary/aromatic N) is 4. The van der Waals surface area contributed by atoms with Crippen molar-refractivity contribution < 1.29 is 14.4 Å². The van der Waals surface area contributed by atoms with Crippen LogP contribution in [0.15, 0.2) is 54.9 Å². The van der Waals surface area contributed by atoms with Crippen LogP contribution >= 0.6 is 0 Å². The van der Waals surface area contributed by atoms with Crippen molar-refractivity contribution in [3.05, 3.63) is 66.0 Å². The van der Waals surface area contributed by atoms with Gasteiger partial charge in [-0.05, 0) is 23.8 Å². The van der Waals surface area contributed by atoms with E-state index in [9.17, 15) is 14.4 Å². The number of amides is 3. The Balaban J connectivity index is 1.16. The Kier molecular flexibility index (Phi) is 5.34. The molecule has 2 aliphatic heterocycles. The van der Waals surface area contributed by atoms with Gasteiger partial charge in [0, 0.05) is 51.3 Å². The van der Waals surface area contributed by atoms with Gasteiger partial charge in [-0.3, -0.25) is 14.4 Å². The molecule has 1 N–H and O–H groups in total. The maximum Gasteiger partial charge on any atom is 0.254 e. The van der Waals surface area contributed by atoms with Crippen molar-refractivity contribution >= 4 is 28.8 Å². The lowest BCUT2D eigenvalue weighted by molar-refractivity contribution is -0.137. The molecule has 0 spiro atoms. The molecule has 3 heterocycles. The third-order valence-electron chi connectivity index (χ3n) is 6.33. The van der Waals surface area contributed by atoms with Crippen molar-refractivity contribution in [1.29, 1.82) is 0 Å². The molecule has 8 heteroatoms. The molecule has 0 saturated carbocycles. The highest BCUT2D eigenvalue weighted by Crippen LogP contribution is 2.23. The Labute approximate surface area is 185 Å². The zero-order chi connectivity index (χ0) is 22.1. The zero-order valence-corrected chi connectivity index (χ0v) is 17.7. The smallest absolute Gasteiger partial charge is 0.254 e. The summed E-state index contributed by atoms with van der Waals surface area (Å²) >= 11 is 0. The summed E-state index contributed by atoms with van der Waals surface area (Å²) in [5.74, 6) is -0.315. The van der Waals surface area contributed by atoms with Crippen LogP contribution in [0, 0.1) is 5.92 Å². The number of carbonyl (C=O) groups is 3. The number of fused-ring (bicyclic) bond motifs is 1. The van der Waals surface area contributed by atoms with E-state index >= 15 is 0 Å². The average Bonchev–Trinajstić information content (AvgIpc) is 3.45. The average molecular weight is 431 g/mol. The minimum absolute atomic E-state index is 0.0138. The quantitative estimate of drug-likeness (QED) is 0.683. The van der Waals surface area contributed by atoms with Crippen LogP contribution in [0.4, 0.5) is 0 Å². The van der Waals surface area contributed by atoms with Crippen LogP contribution in [0.1, 0.15) is 22.3 Å². The fourth-order valence-corrected chi connectivity index (χ4v) is 4.53. The number of rotatable bonds is 4. The van der Waals surface area contributed by atoms with Gasteiger partial charge in [-0.2, -0.15) is 0 Å². The Morgan fingerprint density at radius 2 is 1.75 bits per heavy atom. The van der Waals surface area contributed by atoms with E-state index in [0.717, 1.165) is 16.6 Å². The third-order valence-corrected chi connectivity index (χ3v) is 6.33. The van der Waals surface area contributed by atoms with Crippen molar-refractivity contribution in [1.82, 2.24) is 24.7 Å². The molecule has 0 radical (unpaired) electrons. The molecular weight excluding hydrogens is 406 g/mol. The van der Waals surface area contributed by atoms with Crippen molar-refractivity contribution in [2.75, 3.05) is 32.7 Å². The van der Waals surface area contributed by atoms with Gasteiger partial charge in [0.15, 0.2) is 0 Å². The highest BCUT2D eigenvalue weighted by atomic mass is 16.2. The molecule has 2 fully saturated rings. The number of nitrogens with one attached hydrogen (secondary N) is 1. The topological polar surface area (TPSA) is 89.6 Å². The number of imidazole rings is 1. The molecule has 5 rings (SSSR count). The Morgan fingerprint density at radius 1 is 1.00 bits per heavy atom. The Morgan fingerprint density at radius 3 is 2.53 bits per heavy atom. The Hall–Kier alpha value is -3.68. The van der Waals surface area contributed by atoms with Gasteiger partial charge in [0.1, 0.15) is 0 Å². The van der Waals surface area contributed by atoms with Crippen LogP contribution in [0.3, 0.4) is 0 Å². The van der Waals surface area contributed by atoms with Gasteiger partial charge in [-0.1, -0.05) is 30.3 Å². The van der Waals surface area contributed by atoms with E-state index in [4.69, 9.17) is 0 Å². The second kappa shape index (κ2) is 8.45. The summed E-state index contributed by atoms with van der Waals surface area (Å²) in [6, 6.07) is 15.3. The number of piperazine rings is 1. The molecule has 1 atom stereocenters. The second-order valence-electron chi connectivity index (χ2n) is 8.41. The standard InChI is InChI=1S/C24H25N5O3/c30-22-13-19(15-29(22)14-17-4-2-1-3-5-17)24(32)28-10-8-27(9-11-28)23(31)18-6-7-20-21(12-18)26-16-25-20/h1-7,12,16,19H,8-11,13-15H2,(H,25,26). The number of hydrogen-bond donors (Lipinski definition) is 1. The van der Waals surface area contributed by atoms with E-state index < -0.39 is 0 Å². The lowest BCUT2D eigenvalue weighted by atomic mass is 10.1. The largest absolute Gasteiger partial charge is 0.345 e. The van der Waals surface area contributed by atoms with Crippen LogP contribution in [0.25, 0.3) is 11.0 Å². The first-order valence-electron chi connectivity index (χ1n) is 10.9. The number of aromatic amines is 1. The predicted octanol–water partition coefficient (Wildman–Crippen LogP) is 1.90. The van der Waals surface area contributed by atoms with Crippen LogP contribution in [-0.2, 0) is 16.1 Å². The van der Waals surface area contributed by atoms with Crippen LogP contribution in [0.2, 0.25) is 0 Å². The fourth-order valence-electron chi connectivity index (χ4n) is 4.53. The maximum atomic E-state index is 13.0. The first-order chi connectivity index (χ1) is 15.6. The van der Waals surface area contributed by atoms with Crippen LogP contribution in [0.5, 0.6) is 0 Å². The van der Waals surface area contributed by atoms with E-state index in [2.05, 4.69) is 9.97 Å². The molecule has 2 saturated heterocycles. The third kappa shape index (κ3) is 3.95. The molecule has 164 valence electrons. The minimum Gasteiger partial charge on any atom is -0.345 e. The number of aromatic nitrogens is 2. The molecule has 3 amide bonds. The number of benzene rings is 2. The van der Waals surface area contributed by atoms with Gasteiger partial charge in [0.2, 0.25) is 11.8 Å². The van der Waals surface area contributed by atoms with Gasteiger partial charge in [-0.15, -0.1) is 0 Å². The second-order valence-corrected chi connectivity index (χ2v) is 8.41. The maximum absolute atomic E-state index is 13.0. The van der Waals surface area contributed by atoms with E-state index in [1.165, 1.54) is 0 Å². The van der Waals surface area contributed by atoms with E-state index in [1.807, 2.05) is 42.5 Å². The fraction of sp³-hybridized carbons (Fsp3) is 0.333. The minimum atomic E-state index is -0.309. The zero-order valence-electron chi connectivity index (χ0n) is 17.7. The van der Waals surface area contributed by atoms with Crippen LogP contribution < -0.4 is 0 Å². The lowest BCUT2D eigenvalue weighted by Crippen LogP contribution is -2.52. The van der Waals surface area contributed by atoms with Crippen LogP contribution in [-0.4, -0.2) is 75.1 Å². The van der Waals surface area contributed by atoms with Crippen molar-refractivity contribution in [2.45, 2.75) is 13.0 Å². The summed E-state index contributed by atoms with van der Waals surface area (Å²) in [6.45, 7) is 2.93. The van der Waals surface area contributed by atoms with Gasteiger partial charge >= 0.3 is 0 Å². The van der Waals surface area contributed by atoms with Crippen molar-refractivity contribution in [3.63, 3.8) is 0 Å². The first-order valence-corrected chi connectivity index (χ1v) is 10.9. The summed E-state index contributed by atoms with van der Waals surface area (Å²) in [6.07, 6.45) is 1.87. The van der Waals surface area contributed by atoms with E-state index in [1.54, 1.807) is 27.1 Å². The predicted molar refractivity (Wildman–Crippen MR) is 119 cm³/mol. The van der Waals surface area contributed by atoms with Gasteiger partial charge in [-0.25, -0.2) is 4.98 Å². The monoisotopic (exact) mass is 431 g/mol. The molecular formula is C24H25N5O3. The molecule has 0 bridgehead atoms. The Bertz CT molecular complexity index is 1150. The van der Waals surface area contributed by atoms with Gasteiger partial charge in [0.05, 0.1) is 23.3 Å². The molecule has 1 aromatic heterocycles.